The second kappa shape index (κ2) is 11.2. The van der Waals surface area contributed by atoms with Crippen LogP contribution in [0.15, 0.2) is 41.4 Å². The summed E-state index contributed by atoms with van der Waals surface area (Å²) in [5.74, 6) is 2.23. The van der Waals surface area contributed by atoms with E-state index in [0.717, 1.165) is 23.5 Å². The van der Waals surface area contributed by atoms with Gasteiger partial charge >= 0.3 is 6.61 Å². The number of nitrogens with zero attached hydrogens (tertiary/aromatic N) is 1. The van der Waals surface area contributed by atoms with Gasteiger partial charge in [-0.3, -0.25) is 4.99 Å². The Morgan fingerprint density at radius 2 is 1.77 bits per heavy atom. The molecule has 0 radical (unpaired) electrons. The Hall–Kier alpha value is -3.23. The third kappa shape index (κ3) is 6.13. The van der Waals surface area contributed by atoms with Gasteiger partial charge in [0.1, 0.15) is 0 Å². The third-order valence-electron chi connectivity index (χ3n) is 4.54. The van der Waals surface area contributed by atoms with E-state index in [0.29, 0.717) is 37.9 Å². The highest BCUT2D eigenvalue weighted by atomic mass is 19.3. The molecule has 3 rings (SSSR count). The number of alkyl halides is 2. The van der Waals surface area contributed by atoms with Gasteiger partial charge in [0.25, 0.3) is 0 Å². The largest absolute Gasteiger partial charge is 0.490 e. The van der Waals surface area contributed by atoms with Gasteiger partial charge in [-0.2, -0.15) is 8.78 Å². The van der Waals surface area contributed by atoms with Crippen LogP contribution in [0.4, 0.5) is 8.78 Å². The maximum atomic E-state index is 12.9. The van der Waals surface area contributed by atoms with E-state index in [9.17, 15) is 8.78 Å². The number of guanidine groups is 1. The molecule has 0 amide bonds. The molecule has 1 heterocycles. The second-order valence-electron chi connectivity index (χ2n) is 6.63. The molecule has 0 bridgehead atoms. The molecule has 168 valence electrons. The molecule has 31 heavy (non-hydrogen) atoms. The number of halogens is 2. The highest BCUT2D eigenvalue weighted by Gasteiger charge is 2.17. The summed E-state index contributed by atoms with van der Waals surface area (Å²) >= 11 is 0. The quantitative estimate of drug-likeness (QED) is 0.487. The van der Waals surface area contributed by atoms with Crippen molar-refractivity contribution >= 4 is 5.96 Å². The van der Waals surface area contributed by atoms with E-state index in [1.807, 2.05) is 18.2 Å². The molecular weight excluding hydrogens is 408 g/mol. The lowest BCUT2D eigenvalue weighted by Gasteiger charge is -2.18. The van der Waals surface area contributed by atoms with Gasteiger partial charge in [-0.1, -0.05) is 24.3 Å². The molecule has 0 aromatic heterocycles. The van der Waals surface area contributed by atoms with Gasteiger partial charge in [0.15, 0.2) is 29.0 Å². The van der Waals surface area contributed by atoms with Crippen LogP contribution in [0.3, 0.4) is 0 Å². The standard InChI is InChI=1S/C22H27F2N3O4/c1-3-28-18-10-5-8-16(20(18)31-21(23)24)14-27-22(25-2)26-13-15-7-4-9-17-19(15)30-12-6-11-29-17/h4-5,7-10,21H,3,6,11-14H2,1-2H3,(H2,25,26,27). The van der Waals surface area contributed by atoms with Crippen LogP contribution >= 0.6 is 0 Å². The number of nitrogens with one attached hydrogen (secondary N) is 2. The number of para-hydroxylation sites is 2. The van der Waals surface area contributed by atoms with Gasteiger partial charge in [-0.15, -0.1) is 0 Å². The van der Waals surface area contributed by atoms with Crippen molar-refractivity contribution in [1.82, 2.24) is 10.6 Å². The molecule has 0 aliphatic carbocycles. The predicted octanol–water partition coefficient (Wildman–Crippen LogP) is 3.71. The Morgan fingerprint density at radius 3 is 2.52 bits per heavy atom. The first-order valence-electron chi connectivity index (χ1n) is 10.1. The molecule has 0 spiro atoms. The minimum absolute atomic E-state index is 0.0150. The van der Waals surface area contributed by atoms with Gasteiger partial charge < -0.3 is 29.6 Å². The number of fused-ring (bicyclic) bond motifs is 1. The van der Waals surface area contributed by atoms with E-state index in [-0.39, 0.29) is 18.0 Å². The van der Waals surface area contributed by atoms with Gasteiger partial charge in [0, 0.05) is 37.7 Å². The highest BCUT2D eigenvalue weighted by molar-refractivity contribution is 5.79. The molecule has 0 saturated carbocycles. The Labute approximate surface area is 180 Å². The molecule has 0 fully saturated rings. The third-order valence-corrected chi connectivity index (χ3v) is 4.54. The van der Waals surface area contributed by atoms with E-state index in [1.165, 1.54) is 0 Å². The number of rotatable bonds is 8. The van der Waals surface area contributed by atoms with Crippen LogP contribution < -0.4 is 29.6 Å². The fourth-order valence-corrected chi connectivity index (χ4v) is 3.16. The molecule has 9 heteroatoms. The summed E-state index contributed by atoms with van der Waals surface area (Å²) in [4.78, 5) is 4.20. The summed E-state index contributed by atoms with van der Waals surface area (Å²) in [6.07, 6.45) is 0.828. The Morgan fingerprint density at radius 1 is 1.06 bits per heavy atom. The smallest absolute Gasteiger partial charge is 0.387 e. The highest BCUT2D eigenvalue weighted by Crippen LogP contribution is 2.34. The average Bonchev–Trinajstić information content (AvgIpc) is 3.01. The van der Waals surface area contributed by atoms with Gasteiger partial charge in [-0.05, 0) is 19.1 Å². The summed E-state index contributed by atoms with van der Waals surface area (Å²) in [5, 5.41) is 6.33. The van der Waals surface area contributed by atoms with Crippen LogP contribution in [0.25, 0.3) is 0 Å². The number of ether oxygens (including phenoxy) is 4. The zero-order chi connectivity index (χ0) is 22.1. The first kappa shape index (κ1) is 22.5. The van der Waals surface area contributed by atoms with Crippen molar-refractivity contribution in [3.63, 3.8) is 0 Å². The summed E-state index contributed by atoms with van der Waals surface area (Å²) in [6, 6.07) is 10.8. The second-order valence-corrected chi connectivity index (χ2v) is 6.63. The SMILES string of the molecule is CCOc1cccc(CNC(=NC)NCc2cccc3c2OCCCO3)c1OC(F)F. The van der Waals surface area contributed by atoms with E-state index in [1.54, 1.807) is 32.2 Å². The lowest BCUT2D eigenvalue weighted by molar-refractivity contribution is -0.0520. The lowest BCUT2D eigenvalue weighted by Crippen LogP contribution is -2.36. The molecular formula is C22H27F2N3O4. The molecule has 0 saturated heterocycles. The van der Waals surface area contributed by atoms with Crippen molar-refractivity contribution in [2.24, 2.45) is 4.99 Å². The fourth-order valence-electron chi connectivity index (χ4n) is 3.16. The van der Waals surface area contributed by atoms with Crippen LogP contribution in [0.1, 0.15) is 24.5 Å². The summed E-state index contributed by atoms with van der Waals surface area (Å²) < 4.78 is 47.5. The number of hydrogen-bond acceptors (Lipinski definition) is 5. The zero-order valence-corrected chi connectivity index (χ0v) is 17.6. The van der Waals surface area contributed by atoms with Gasteiger partial charge in [0.05, 0.1) is 19.8 Å². The number of hydrogen-bond donors (Lipinski definition) is 2. The lowest BCUT2D eigenvalue weighted by atomic mass is 10.1. The molecule has 2 aromatic rings. The fraction of sp³-hybridized carbons (Fsp3) is 0.409. The number of benzene rings is 2. The molecule has 2 N–H and O–H groups in total. The van der Waals surface area contributed by atoms with Crippen molar-refractivity contribution in [1.29, 1.82) is 0 Å². The van der Waals surface area contributed by atoms with Crippen molar-refractivity contribution in [2.75, 3.05) is 26.9 Å². The molecule has 0 unspecified atom stereocenters. The van der Waals surface area contributed by atoms with Crippen LogP contribution in [0.2, 0.25) is 0 Å². The molecule has 1 aliphatic heterocycles. The van der Waals surface area contributed by atoms with E-state index >= 15 is 0 Å². The predicted molar refractivity (Wildman–Crippen MR) is 113 cm³/mol. The number of aliphatic imine (C=N–C) groups is 1. The first-order valence-corrected chi connectivity index (χ1v) is 10.1. The average molecular weight is 435 g/mol. The maximum Gasteiger partial charge on any atom is 0.387 e. The summed E-state index contributed by atoms with van der Waals surface area (Å²) in [6.45, 7) is 1.06. The molecule has 2 aromatic carbocycles. The Balaban J connectivity index is 1.66. The summed E-state index contributed by atoms with van der Waals surface area (Å²) in [5.41, 5.74) is 1.46. The van der Waals surface area contributed by atoms with E-state index in [2.05, 4.69) is 15.6 Å². The minimum Gasteiger partial charge on any atom is -0.490 e. The zero-order valence-electron chi connectivity index (χ0n) is 17.6. The van der Waals surface area contributed by atoms with Crippen molar-refractivity contribution in [3.8, 4) is 23.0 Å². The van der Waals surface area contributed by atoms with E-state index < -0.39 is 6.61 Å². The maximum absolute atomic E-state index is 12.9. The van der Waals surface area contributed by atoms with Crippen molar-refractivity contribution < 1.29 is 27.7 Å². The van der Waals surface area contributed by atoms with Crippen LogP contribution in [-0.2, 0) is 13.1 Å². The van der Waals surface area contributed by atoms with Crippen LogP contribution in [0.5, 0.6) is 23.0 Å². The molecule has 7 nitrogen and oxygen atoms in total. The van der Waals surface area contributed by atoms with E-state index in [4.69, 9.17) is 18.9 Å². The van der Waals surface area contributed by atoms with Crippen molar-refractivity contribution in [3.05, 3.63) is 47.5 Å². The normalized spacial score (nSPS) is 13.5. The first-order chi connectivity index (χ1) is 15.1. The minimum atomic E-state index is -2.95. The molecule has 1 aliphatic rings. The topological polar surface area (TPSA) is 73.3 Å². The Bertz CT molecular complexity index is 893. The van der Waals surface area contributed by atoms with Gasteiger partial charge in [0.2, 0.25) is 0 Å². The van der Waals surface area contributed by atoms with Gasteiger partial charge in [-0.25, -0.2) is 0 Å². The Kier molecular flexibility index (Phi) is 8.14. The summed E-state index contributed by atoms with van der Waals surface area (Å²) in [7, 11) is 1.63. The van der Waals surface area contributed by atoms with Crippen molar-refractivity contribution in [2.45, 2.75) is 33.0 Å². The van der Waals surface area contributed by atoms with Crippen LogP contribution in [-0.4, -0.2) is 39.4 Å². The monoisotopic (exact) mass is 435 g/mol. The molecule has 0 atom stereocenters. The van der Waals surface area contributed by atoms with Crippen LogP contribution in [0, 0.1) is 0 Å².